The second-order valence-electron chi connectivity index (χ2n) is 7.01. The van der Waals surface area contributed by atoms with Gasteiger partial charge in [-0.1, -0.05) is 0 Å². The number of nitrogens with two attached hydrogens (primary N) is 1. The third-order valence-corrected chi connectivity index (χ3v) is 5.03. The molecule has 2 aromatic carbocycles. The number of hydrogen-bond acceptors (Lipinski definition) is 7. The first-order valence-corrected chi connectivity index (χ1v) is 9.00. The van der Waals surface area contributed by atoms with Gasteiger partial charge in [0.1, 0.15) is 5.75 Å². The predicted molar refractivity (Wildman–Crippen MR) is 109 cm³/mol. The highest BCUT2D eigenvalue weighted by Gasteiger charge is 2.29. The molecule has 30 heavy (non-hydrogen) atoms. The van der Waals surface area contributed by atoms with Crippen LogP contribution < -0.4 is 15.2 Å². The molecule has 0 spiro atoms. The normalized spacial score (nSPS) is 14.1. The average Bonchev–Trinajstić information content (AvgIpc) is 3.15. The maximum atomic E-state index is 11.6. The molecule has 4 rings (SSSR count). The third kappa shape index (κ3) is 3.59. The van der Waals surface area contributed by atoms with E-state index in [0.29, 0.717) is 35.7 Å². The van der Waals surface area contributed by atoms with Crippen LogP contribution in [0, 0.1) is 10.1 Å². The summed E-state index contributed by atoms with van der Waals surface area (Å²) in [5.41, 5.74) is 8.85. The number of anilines is 1. The number of methoxy groups -OCH3 is 2. The molecule has 2 aromatic rings. The van der Waals surface area contributed by atoms with Crippen molar-refractivity contribution in [2.24, 2.45) is 0 Å². The fourth-order valence-corrected chi connectivity index (χ4v) is 3.46. The number of nitro groups is 1. The Morgan fingerprint density at radius 1 is 0.900 bits per heavy atom. The number of nitro benzene ring substituents is 1. The van der Waals surface area contributed by atoms with Crippen molar-refractivity contribution in [3.8, 4) is 11.5 Å². The van der Waals surface area contributed by atoms with E-state index in [-0.39, 0.29) is 23.3 Å². The van der Waals surface area contributed by atoms with E-state index < -0.39 is 4.92 Å². The van der Waals surface area contributed by atoms with Crippen LogP contribution in [0.25, 0.3) is 0 Å². The van der Waals surface area contributed by atoms with Crippen LogP contribution >= 0.6 is 0 Å². The van der Waals surface area contributed by atoms with Crippen molar-refractivity contribution >= 4 is 23.2 Å². The molecule has 0 saturated carbocycles. The monoisotopic (exact) mass is 414 g/mol. The molecule has 0 saturated heterocycles. The van der Waals surface area contributed by atoms with Crippen molar-refractivity contribution in [2.45, 2.75) is 13.1 Å². The number of ether oxygens (including phenoxy) is 2. The van der Waals surface area contributed by atoms with Crippen LogP contribution in [0.2, 0.25) is 0 Å². The topological polar surface area (TPSA) is 128 Å². The Bertz CT molecular complexity index is 1050. The minimum absolute atomic E-state index is 0.0225. The first-order valence-electron chi connectivity index (χ1n) is 9.00. The number of benzene rings is 2. The van der Waals surface area contributed by atoms with Gasteiger partial charge in [-0.3, -0.25) is 19.7 Å². The molecule has 0 aromatic heterocycles. The van der Waals surface area contributed by atoms with Crippen LogP contribution in [0.3, 0.4) is 0 Å². The Morgan fingerprint density at radius 3 is 1.83 bits per heavy atom. The lowest BCUT2D eigenvalue weighted by Crippen LogP contribution is -2.17. The molecule has 2 aliphatic heterocycles. The Labute approximate surface area is 172 Å². The Morgan fingerprint density at radius 2 is 1.37 bits per heavy atom. The lowest BCUT2D eigenvalue weighted by Gasteiger charge is -2.05. The number of nitrogen functional groups attached to an aromatic ring is 1. The molecule has 10 nitrogen and oxygen atoms in total. The van der Waals surface area contributed by atoms with Gasteiger partial charge in [-0.05, 0) is 29.3 Å². The number of nitrogens with zero attached hydrogens (tertiary/aromatic N) is 3. The molecule has 2 amide bonds. The molecule has 0 atom stereocenters. The van der Waals surface area contributed by atoms with Gasteiger partial charge < -0.3 is 25.0 Å². The van der Waals surface area contributed by atoms with Crippen LogP contribution in [0.5, 0.6) is 11.5 Å². The van der Waals surface area contributed by atoms with Gasteiger partial charge in [-0.25, -0.2) is 0 Å². The Hall–Kier alpha value is -3.82. The zero-order valence-electron chi connectivity index (χ0n) is 17.1. The summed E-state index contributed by atoms with van der Waals surface area (Å²) in [5.74, 6) is 0.647. The fourth-order valence-electron chi connectivity index (χ4n) is 3.46. The quantitative estimate of drug-likeness (QED) is 0.462. The van der Waals surface area contributed by atoms with Gasteiger partial charge in [-0.2, -0.15) is 0 Å². The molecular weight excluding hydrogens is 392 g/mol. The third-order valence-electron chi connectivity index (χ3n) is 5.03. The van der Waals surface area contributed by atoms with E-state index in [2.05, 4.69) is 0 Å². The predicted octanol–water partition coefficient (Wildman–Crippen LogP) is 2.05. The van der Waals surface area contributed by atoms with Crippen LogP contribution in [0.1, 0.15) is 31.8 Å². The molecule has 0 unspecified atom stereocenters. The smallest absolute Gasteiger partial charge is 0.311 e. The van der Waals surface area contributed by atoms with Crippen molar-refractivity contribution in [3.05, 3.63) is 56.6 Å². The lowest BCUT2D eigenvalue weighted by molar-refractivity contribution is -0.385. The number of rotatable bonds is 3. The standard InChI is InChI=1S/C10H10N2O4.C10H12N2O2/c1-11-5-6-3-9(16-2)8(12(14)15)4-7(6)10(11)13;1-12-5-6-3-9(14-2)8(11)4-7(6)10(12)13/h3-4H,5H2,1-2H3;3-4H,5,11H2,1-2H3. The largest absolute Gasteiger partial charge is 0.495 e. The van der Waals surface area contributed by atoms with E-state index >= 15 is 0 Å². The zero-order valence-corrected chi connectivity index (χ0v) is 17.1. The zero-order chi connectivity index (χ0) is 22.2. The highest BCUT2D eigenvalue weighted by Crippen LogP contribution is 2.34. The first-order chi connectivity index (χ1) is 14.2. The summed E-state index contributed by atoms with van der Waals surface area (Å²) in [5, 5.41) is 10.8. The summed E-state index contributed by atoms with van der Waals surface area (Å²) in [7, 11) is 6.36. The SMILES string of the molecule is COc1cc2c(cc1N)C(=O)N(C)C2.COc1cc2c(cc1[N+](=O)[O-])C(=O)N(C)C2. The van der Waals surface area contributed by atoms with Gasteiger partial charge in [0.05, 0.1) is 30.4 Å². The molecular formula is C20H22N4O6. The number of carbonyl (C=O) groups is 2. The molecule has 2 heterocycles. The summed E-state index contributed by atoms with van der Waals surface area (Å²) in [6.45, 7) is 1.09. The van der Waals surface area contributed by atoms with Gasteiger partial charge >= 0.3 is 5.69 Å². The van der Waals surface area contributed by atoms with Crippen molar-refractivity contribution in [1.82, 2.24) is 9.80 Å². The van der Waals surface area contributed by atoms with Crippen LogP contribution in [-0.2, 0) is 13.1 Å². The number of fused-ring (bicyclic) bond motifs is 2. The second kappa shape index (κ2) is 7.90. The van der Waals surface area contributed by atoms with Gasteiger partial charge in [0, 0.05) is 38.8 Å². The summed E-state index contributed by atoms with van der Waals surface area (Å²) in [6, 6.07) is 6.33. The fraction of sp³-hybridized carbons (Fsp3) is 0.300. The minimum atomic E-state index is -0.551. The van der Waals surface area contributed by atoms with Crippen molar-refractivity contribution in [1.29, 1.82) is 0 Å². The van der Waals surface area contributed by atoms with Gasteiger partial charge in [0.2, 0.25) is 0 Å². The molecule has 0 fully saturated rings. The van der Waals surface area contributed by atoms with E-state index in [1.165, 1.54) is 18.1 Å². The summed E-state index contributed by atoms with van der Waals surface area (Å²) in [4.78, 5) is 36.6. The molecule has 10 heteroatoms. The highest BCUT2D eigenvalue weighted by atomic mass is 16.6. The van der Waals surface area contributed by atoms with Gasteiger partial charge in [0.25, 0.3) is 11.8 Å². The van der Waals surface area contributed by atoms with Crippen molar-refractivity contribution in [3.63, 3.8) is 0 Å². The van der Waals surface area contributed by atoms with Crippen LogP contribution in [0.4, 0.5) is 11.4 Å². The maximum absolute atomic E-state index is 11.6. The number of hydrogen-bond donors (Lipinski definition) is 1. The summed E-state index contributed by atoms with van der Waals surface area (Å²) in [6.07, 6.45) is 0. The molecule has 0 radical (unpaired) electrons. The van der Waals surface area contributed by atoms with Gasteiger partial charge in [-0.15, -0.1) is 0 Å². The van der Waals surface area contributed by atoms with Crippen LogP contribution in [-0.4, -0.2) is 54.9 Å². The molecule has 2 N–H and O–H groups in total. The molecule has 0 aliphatic carbocycles. The number of amides is 2. The lowest BCUT2D eigenvalue weighted by atomic mass is 10.1. The van der Waals surface area contributed by atoms with E-state index in [1.54, 1.807) is 38.2 Å². The van der Waals surface area contributed by atoms with E-state index in [0.717, 1.165) is 11.1 Å². The van der Waals surface area contributed by atoms with Crippen molar-refractivity contribution in [2.75, 3.05) is 34.0 Å². The second-order valence-corrected chi connectivity index (χ2v) is 7.01. The Balaban J connectivity index is 0.000000172. The van der Waals surface area contributed by atoms with E-state index in [9.17, 15) is 19.7 Å². The first kappa shape index (κ1) is 20.9. The summed E-state index contributed by atoms with van der Waals surface area (Å²) < 4.78 is 10.0. The van der Waals surface area contributed by atoms with E-state index in [4.69, 9.17) is 15.2 Å². The number of carbonyl (C=O) groups excluding carboxylic acids is 2. The highest BCUT2D eigenvalue weighted by molar-refractivity contribution is 6.00. The Kier molecular flexibility index (Phi) is 5.50. The van der Waals surface area contributed by atoms with Gasteiger partial charge in [0.15, 0.2) is 5.75 Å². The van der Waals surface area contributed by atoms with E-state index in [1.807, 2.05) is 6.07 Å². The average molecular weight is 414 g/mol. The molecule has 2 aliphatic rings. The molecule has 0 bridgehead atoms. The van der Waals surface area contributed by atoms with Crippen LogP contribution in [0.15, 0.2) is 24.3 Å². The molecule has 158 valence electrons. The van der Waals surface area contributed by atoms with Crippen molar-refractivity contribution < 1.29 is 24.0 Å². The summed E-state index contributed by atoms with van der Waals surface area (Å²) >= 11 is 0. The maximum Gasteiger partial charge on any atom is 0.311 e. The minimum Gasteiger partial charge on any atom is -0.495 e.